The van der Waals surface area contributed by atoms with Gasteiger partial charge in [-0.05, 0) is 70.6 Å². The van der Waals surface area contributed by atoms with Gasteiger partial charge in [0.1, 0.15) is 0 Å². The van der Waals surface area contributed by atoms with Crippen LogP contribution in [0.5, 0.6) is 0 Å². The maximum Gasteiger partial charge on any atom is 0.220 e. The fourth-order valence-electron chi connectivity index (χ4n) is 7.20. The van der Waals surface area contributed by atoms with E-state index in [1.807, 2.05) is 0 Å². The molecule has 51 heavy (non-hydrogen) atoms. The van der Waals surface area contributed by atoms with Crippen molar-refractivity contribution in [1.82, 2.24) is 10.6 Å². The molecule has 0 aromatic rings. The van der Waals surface area contributed by atoms with E-state index >= 15 is 0 Å². The van der Waals surface area contributed by atoms with E-state index in [4.69, 9.17) is 0 Å². The lowest BCUT2D eigenvalue weighted by Crippen LogP contribution is -2.34. The molecule has 0 aliphatic heterocycles. The van der Waals surface area contributed by atoms with Gasteiger partial charge in [0.05, 0.1) is 12.1 Å². The highest BCUT2D eigenvalue weighted by Gasteiger charge is 2.39. The van der Waals surface area contributed by atoms with Gasteiger partial charge in [0.2, 0.25) is 11.8 Å². The summed E-state index contributed by atoms with van der Waals surface area (Å²) in [6, 6.07) is 0.303. The zero-order valence-corrected chi connectivity index (χ0v) is 34.4. The van der Waals surface area contributed by atoms with Crippen molar-refractivity contribution >= 4 is 11.8 Å². The minimum Gasteiger partial charge on any atom is -0.351 e. The van der Waals surface area contributed by atoms with Crippen molar-refractivity contribution in [2.75, 3.05) is 0 Å². The molecule has 0 spiro atoms. The van der Waals surface area contributed by atoms with Gasteiger partial charge in [-0.15, -0.1) is 0 Å². The molecule has 4 heteroatoms. The second-order valence-electron chi connectivity index (χ2n) is 16.1. The van der Waals surface area contributed by atoms with Gasteiger partial charge in [-0.1, -0.05) is 192 Å². The van der Waals surface area contributed by atoms with Gasteiger partial charge in [0, 0.05) is 12.8 Å². The van der Waals surface area contributed by atoms with Gasteiger partial charge in [0.15, 0.2) is 0 Å². The summed E-state index contributed by atoms with van der Waals surface area (Å²) < 4.78 is 0. The Morgan fingerprint density at radius 3 is 0.882 bits per heavy atom. The molecular formula is C47H88N2O2. The Morgan fingerprint density at radius 1 is 0.373 bits per heavy atom. The number of carbonyl (C=O) groups is 2. The number of carbonyl (C=O) groups excluding carboxylic acids is 2. The van der Waals surface area contributed by atoms with Crippen LogP contribution in [0.15, 0.2) is 24.3 Å². The van der Waals surface area contributed by atoms with E-state index in [9.17, 15) is 9.59 Å². The smallest absolute Gasteiger partial charge is 0.220 e. The highest BCUT2D eigenvalue weighted by Crippen LogP contribution is 2.22. The summed E-state index contributed by atoms with van der Waals surface area (Å²) in [5.74, 6) is 0.321. The molecule has 1 aliphatic rings. The minimum absolute atomic E-state index is 0.151. The lowest BCUT2D eigenvalue weighted by molar-refractivity contribution is -0.123. The number of allylic oxidation sites excluding steroid dienone is 4. The second-order valence-corrected chi connectivity index (χ2v) is 16.1. The van der Waals surface area contributed by atoms with E-state index in [-0.39, 0.29) is 23.9 Å². The van der Waals surface area contributed by atoms with Crippen molar-refractivity contribution in [2.45, 2.75) is 264 Å². The van der Waals surface area contributed by atoms with Crippen LogP contribution in [-0.4, -0.2) is 23.9 Å². The predicted octanol–water partition coefficient (Wildman–Crippen LogP) is 14.6. The first-order valence-corrected chi connectivity index (χ1v) is 23.1. The van der Waals surface area contributed by atoms with Crippen LogP contribution in [0.2, 0.25) is 0 Å². The highest BCUT2D eigenvalue weighted by atomic mass is 16.2. The normalized spacial score (nSPS) is 15.6. The molecular weight excluding hydrogens is 625 g/mol. The number of rotatable bonds is 40. The van der Waals surface area contributed by atoms with E-state index in [1.165, 1.54) is 193 Å². The first-order valence-electron chi connectivity index (χ1n) is 23.1. The van der Waals surface area contributed by atoms with Crippen LogP contribution in [0.25, 0.3) is 0 Å². The Kier molecular flexibility index (Phi) is 35.5. The van der Waals surface area contributed by atoms with Crippen LogP contribution < -0.4 is 10.6 Å². The number of amides is 2. The molecule has 1 aliphatic carbocycles. The molecule has 1 saturated carbocycles. The van der Waals surface area contributed by atoms with Crippen LogP contribution in [0.1, 0.15) is 251 Å². The zero-order valence-electron chi connectivity index (χ0n) is 34.4. The van der Waals surface area contributed by atoms with Gasteiger partial charge in [-0.3, -0.25) is 9.59 Å². The van der Waals surface area contributed by atoms with Crippen molar-refractivity contribution in [3.8, 4) is 0 Å². The molecule has 0 aromatic heterocycles. The lowest BCUT2D eigenvalue weighted by atomic mass is 10.1. The summed E-state index contributed by atoms with van der Waals surface area (Å²) in [6.07, 6.45) is 56.4. The molecule has 0 heterocycles. The summed E-state index contributed by atoms with van der Waals surface area (Å²) >= 11 is 0. The fourth-order valence-corrected chi connectivity index (χ4v) is 7.20. The Balaban J connectivity index is 1.78. The lowest BCUT2D eigenvalue weighted by Gasteiger charge is -2.07. The quantitative estimate of drug-likeness (QED) is 0.0491. The van der Waals surface area contributed by atoms with Crippen LogP contribution in [0.4, 0.5) is 0 Å². The van der Waals surface area contributed by atoms with Gasteiger partial charge in [-0.25, -0.2) is 0 Å². The van der Waals surface area contributed by atoms with Crippen LogP contribution in [0.3, 0.4) is 0 Å². The first kappa shape index (κ1) is 47.4. The largest absolute Gasteiger partial charge is 0.351 e. The van der Waals surface area contributed by atoms with Gasteiger partial charge in [0.25, 0.3) is 0 Å². The number of hydrogen-bond donors (Lipinski definition) is 2. The molecule has 2 amide bonds. The maximum absolute atomic E-state index is 12.3. The van der Waals surface area contributed by atoms with Crippen molar-refractivity contribution in [2.24, 2.45) is 0 Å². The Labute approximate surface area is 319 Å². The van der Waals surface area contributed by atoms with Crippen molar-refractivity contribution in [1.29, 1.82) is 0 Å². The van der Waals surface area contributed by atoms with E-state index in [0.717, 1.165) is 32.1 Å². The Morgan fingerprint density at radius 2 is 0.608 bits per heavy atom. The Hall–Kier alpha value is -1.58. The average molecular weight is 713 g/mol. The molecule has 2 atom stereocenters. The SMILES string of the molecule is CCCCCCCC/C=C\CCCCCCCCCCCC(=O)N[C@H]1C[C@H]1NC(=O)CCCCCCCCCCC/C=C\CCCCCCCC. The number of unbranched alkanes of at least 4 members (excludes halogenated alkanes) is 30. The molecule has 0 radical (unpaired) electrons. The molecule has 2 N–H and O–H groups in total. The third-order valence-corrected chi connectivity index (χ3v) is 10.8. The summed E-state index contributed by atoms with van der Waals surface area (Å²) in [7, 11) is 0. The van der Waals surface area contributed by atoms with E-state index < -0.39 is 0 Å². The molecule has 0 saturated heterocycles. The molecule has 0 unspecified atom stereocenters. The van der Waals surface area contributed by atoms with Crippen molar-refractivity contribution in [3.05, 3.63) is 24.3 Å². The van der Waals surface area contributed by atoms with Crippen molar-refractivity contribution < 1.29 is 9.59 Å². The van der Waals surface area contributed by atoms with E-state index in [1.54, 1.807) is 0 Å². The number of nitrogens with one attached hydrogen (secondary N) is 2. The summed E-state index contributed by atoms with van der Waals surface area (Å²) in [6.45, 7) is 4.56. The molecule has 1 fully saturated rings. The van der Waals surface area contributed by atoms with E-state index in [0.29, 0.717) is 12.8 Å². The molecule has 1 rings (SSSR count). The van der Waals surface area contributed by atoms with Crippen LogP contribution >= 0.6 is 0 Å². The monoisotopic (exact) mass is 713 g/mol. The van der Waals surface area contributed by atoms with E-state index in [2.05, 4.69) is 48.8 Å². The highest BCUT2D eigenvalue weighted by molar-refractivity contribution is 5.78. The second kappa shape index (κ2) is 38.2. The topological polar surface area (TPSA) is 58.2 Å². The average Bonchev–Trinajstić information content (AvgIpc) is 3.86. The molecule has 298 valence electrons. The zero-order chi connectivity index (χ0) is 36.7. The molecule has 0 aromatic carbocycles. The first-order chi connectivity index (χ1) is 25.2. The summed E-state index contributed by atoms with van der Waals surface area (Å²) in [5.41, 5.74) is 0. The summed E-state index contributed by atoms with van der Waals surface area (Å²) in [5, 5.41) is 6.27. The molecule has 0 bridgehead atoms. The Bertz CT molecular complexity index is 755. The van der Waals surface area contributed by atoms with Gasteiger partial charge < -0.3 is 10.6 Å². The third-order valence-electron chi connectivity index (χ3n) is 10.8. The standard InChI is InChI=1S/C47H88N2O2/c1-3-5-7-9-11-13-15-17-19-21-23-25-27-29-31-33-35-37-39-41-46(50)48-44-43-45(44)49-47(51)42-40-38-36-34-32-30-28-26-24-22-20-18-16-14-12-10-8-6-4-2/h17-20,44-45H,3-16,21-43H2,1-2H3,(H,48,50)(H,49,51)/b19-17-,20-18-/t44-,45+. The van der Waals surface area contributed by atoms with Crippen molar-refractivity contribution in [3.63, 3.8) is 0 Å². The predicted molar refractivity (Wildman–Crippen MR) is 224 cm³/mol. The minimum atomic E-state index is 0.151. The van der Waals surface area contributed by atoms with Crippen LogP contribution in [0, 0.1) is 0 Å². The van der Waals surface area contributed by atoms with Gasteiger partial charge >= 0.3 is 0 Å². The maximum atomic E-state index is 12.3. The fraction of sp³-hybridized carbons (Fsp3) is 0.872. The van der Waals surface area contributed by atoms with Crippen LogP contribution in [-0.2, 0) is 9.59 Å². The van der Waals surface area contributed by atoms with Gasteiger partial charge in [-0.2, -0.15) is 0 Å². The number of hydrogen-bond acceptors (Lipinski definition) is 2. The summed E-state index contributed by atoms with van der Waals surface area (Å²) in [4.78, 5) is 24.7. The third kappa shape index (κ3) is 35.2. The molecule has 4 nitrogen and oxygen atoms in total.